The number of nitrogens with zero attached hydrogens (tertiary/aromatic N) is 2. The molecule has 9 heteroatoms. The van der Waals surface area contributed by atoms with Gasteiger partial charge >= 0.3 is 12.1 Å². The number of amides is 1. The Labute approximate surface area is 285 Å². The van der Waals surface area contributed by atoms with Crippen molar-refractivity contribution in [1.29, 1.82) is 5.26 Å². The van der Waals surface area contributed by atoms with Crippen LogP contribution in [0.1, 0.15) is 42.6 Å². The summed E-state index contributed by atoms with van der Waals surface area (Å²) in [6, 6.07) is 36.9. The van der Waals surface area contributed by atoms with E-state index in [-0.39, 0.29) is 6.61 Å². The molecule has 5 atom stereocenters. The maximum absolute atomic E-state index is 14.6. The topological polar surface area (TPSA) is 139 Å². The van der Waals surface area contributed by atoms with E-state index in [1.54, 1.807) is 19.9 Å². The van der Waals surface area contributed by atoms with Gasteiger partial charge in [-0.15, -0.1) is 0 Å². The number of rotatable bonds is 9. The van der Waals surface area contributed by atoms with Crippen LogP contribution < -0.4 is 16.4 Å². The van der Waals surface area contributed by atoms with E-state index in [0.717, 1.165) is 22.1 Å². The second-order valence-electron chi connectivity index (χ2n) is 12.2. The minimum Gasteiger partial charge on any atom is -0.454 e. The van der Waals surface area contributed by atoms with Crippen LogP contribution in [0.5, 0.6) is 0 Å². The van der Waals surface area contributed by atoms with Crippen molar-refractivity contribution in [3.05, 3.63) is 150 Å². The molecule has 4 aromatic carbocycles. The fourth-order valence-corrected chi connectivity index (χ4v) is 6.42. The second-order valence-corrected chi connectivity index (χ2v) is 12.2. The van der Waals surface area contributed by atoms with Gasteiger partial charge < -0.3 is 25.8 Å². The lowest BCUT2D eigenvalue weighted by Crippen LogP contribution is -2.56. The molecule has 0 saturated heterocycles. The Morgan fingerprint density at radius 1 is 0.959 bits per heavy atom. The molecule has 3 unspecified atom stereocenters. The molecule has 1 amide bonds. The van der Waals surface area contributed by atoms with Crippen molar-refractivity contribution in [3.8, 4) is 17.2 Å². The number of nitrogens with two attached hydrogens (primary N) is 1. The lowest BCUT2D eigenvalue weighted by Gasteiger charge is -2.42. The van der Waals surface area contributed by atoms with Crippen molar-refractivity contribution >= 4 is 23.0 Å². The highest BCUT2D eigenvalue weighted by molar-refractivity contribution is 5.90. The molecule has 1 aliphatic rings. The zero-order valence-electron chi connectivity index (χ0n) is 27.2. The van der Waals surface area contributed by atoms with E-state index in [4.69, 9.17) is 20.2 Å². The van der Waals surface area contributed by atoms with Crippen LogP contribution in [0.4, 0.5) is 4.79 Å². The number of carbonyl (C=O) groups excluding carboxylic acids is 2. The number of aromatic nitrogens is 1. The number of ether oxygens (including phenoxy) is 2. The van der Waals surface area contributed by atoms with Crippen molar-refractivity contribution < 1.29 is 19.1 Å². The summed E-state index contributed by atoms with van der Waals surface area (Å²) in [7, 11) is 0. The Morgan fingerprint density at radius 2 is 1.63 bits per heavy atom. The molecule has 1 aromatic heterocycles. The van der Waals surface area contributed by atoms with E-state index in [1.165, 1.54) is 0 Å². The standard InChI is InChI=1S/C40H37N5O4/c1-26(44-39(47)48-24-28-13-6-3-7-14-28)37(30-17-10-5-11-18-30)49-38(46)40(25-41)27(2)45-36(42)22-34(40)32-19-12-20-35-33(32)21-31(23-43-35)29-15-8-4-9-16-29/h3-23,26-27,34,37,45H,24,42H2,1-2H3,(H,44,47)/t26-,27?,34?,37-,40?/m1/s1. The first kappa shape index (κ1) is 32.8. The van der Waals surface area contributed by atoms with Gasteiger partial charge in [0.2, 0.25) is 0 Å². The number of pyridine rings is 1. The van der Waals surface area contributed by atoms with Crippen LogP contribution in [0.15, 0.2) is 133 Å². The van der Waals surface area contributed by atoms with Gasteiger partial charge in [-0.3, -0.25) is 9.78 Å². The molecule has 0 spiro atoms. The van der Waals surface area contributed by atoms with Crippen LogP contribution in [-0.2, 0) is 20.9 Å². The number of nitrogens with one attached hydrogen (secondary N) is 2. The first-order valence-electron chi connectivity index (χ1n) is 16.1. The number of nitriles is 1. The van der Waals surface area contributed by atoms with Gasteiger partial charge in [-0.1, -0.05) is 103 Å². The first-order valence-corrected chi connectivity index (χ1v) is 16.1. The molecule has 6 rings (SSSR count). The highest BCUT2D eigenvalue weighted by Crippen LogP contribution is 2.47. The molecule has 5 aromatic rings. The third-order valence-corrected chi connectivity index (χ3v) is 9.00. The minimum atomic E-state index is -1.75. The van der Waals surface area contributed by atoms with Gasteiger partial charge in [-0.2, -0.15) is 5.26 Å². The minimum absolute atomic E-state index is 0.0806. The summed E-state index contributed by atoms with van der Waals surface area (Å²) in [6.07, 6.45) is 1.90. The van der Waals surface area contributed by atoms with E-state index in [0.29, 0.717) is 22.5 Å². The Kier molecular flexibility index (Phi) is 9.58. The van der Waals surface area contributed by atoms with Gasteiger partial charge in [0, 0.05) is 23.1 Å². The number of esters is 1. The SMILES string of the molecule is CC1NC(N)=CC(c2cccc3ncc(-c4ccccc4)cc23)C1(C#N)C(=O)O[C@@H](c1ccccc1)[C@@H](C)NC(=O)OCc1ccccc1. The summed E-state index contributed by atoms with van der Waals surface area (Å²) in [4.78, 5) is 32.3. The number of benzene rings is 4. The molecule has 0 fully saturated rings. The molecule has 2 heterocycles. The third-order valence-electron chi connectivity index (χ3n) is 9.00. The van der Waals surface area contributed by atoms with Crippen LogP contribution in [0.3, 0.4) is 0 Å². The number of hydrogen-bond donors (Lipinski definition) is 3. The lowest BCUT2D eigenvalue weighted by atomic mass is 9.66. The van der Waals surface area contributed by atoms with Crippen molar-refractivity contribution in [2.45, 2.75) is 44.6 Å². The molecular formula is C40H37N5O4. The Morgan fingerprint density at radius 3 is 2.33 bits per heavy atom. The van der Waals surface area contributed by atoms with Gasteiger partial charge in [-0.25, -0.2) is 4.79 Å². The first-order chi connectivity index (χ1) is 23.8. The Bertz CT molecular complexity index is 2010. The van der Waals surface area contributed by atoms with E-state index in [2.05, 4.69) is 16.7 Å². The largest absolute Gasteiger partial charge is 0.454 e. The van der Waals surface area contributed by atoms with Crippen LogP contribution in [-0.4, -0.2) is 29.1 Å². The number of hydrogen-bond acceptors (Lipinski definition) is 8. The van der Waals surface area contributed by atoms with E-state index in [9.17, 15) is 14.9 Å². The molecule has 9 nitrogen and oxygen atoms in total. The molecule has 246 valence electrons. The van der Waals surface area contributed by atoms with Gasteiger partial charge in [0.15, 0.2) is 5.41 Å². The second kappa shape index (κ2) is 14.3. The van der Waals surface area contributed by atoms with Crippen molar-refractivity contribution in [2.75, 3.05) is 0 Å². The van der Waals surface area contributed by atoms with E-state index in [1.807, 2.05) is 121 Å². The zero-order valence-corrected chi connectivity index (χ0v) is 27.2. The average molecular weight is 652 g/mol. The molecule has 49 heavy (non-hydrogen) atoms. The predicted molar refractivity (Wildman–Crippen MR) is 187 cm³/mol. The fourth-order valence-electron chi connectivity index (χ4n) is 6.42. The van der Waals surface area contributed by atoms with Crippen LogP contribution in [0.2, 0.25) is 0 Å². The van der Waals surface area contributed by atoms with Crippen molar-refractivity contribution in [2.24, 2.45) is 11.1 Å². The molecule has 0 saturated carbocycles. The molecule has 0 bridgehead atoms. The van der Waals surface area contributed by atoms with Gasteiger partial charge in [0.25, 0.3) is 0 Å². The third kappa shape index (κ3) is 6.81. The highest BCUT2D eigenvalue weighted by Gasteiger charge is 2.55. The van der Waals surface area contributed by atoms with Crippen LogP contribution in [0, 0.1) is 16.7 Å². The Balaban J connectivity index is 1.35. The van der Waals surface area contributed by atoms with Crippen LogP contribution >= 0.6 is 0 Å². The number of allylic oxidation sites excluding steroid dienone is 1. The normalized spacial score (nSPS) is 19.7. The zero-order chi connectivity index (χ0) is 34.4. The van der Waals surface area contributed by atoms with Gasteiger partial charge in [0.1, 0.15) is 12.7 Å². The summed E-state index contributed by atoms with van der Waals surface area (Å²) < 4.78 is 11.8. The molecule has 4 N–H and O–H groups in total. The molecule has 0 radical (unpaired) electrons. The summed E-state index contributed by atoms with van der Waals surface area (Å²) in [5, 5.41) is 17.7. The molecular weight excluding hydrogens is 614 g/mol. The number of fused-ring (bicyclic) bond motifs is 1. The summed E-state index contributed by atoms with van der Waals surface area (Å²) in [5.41, 5.74) is 9.41. The van der Waals surface area contributed by atoms with Gasteiger partial charge in [-0.05, 0) is 54.3 Å². The van der Waals surface area contributed by atoms with Gasteiger partial charge in [0.05, 0.1) is 29.5 Å². The van der Waals surface area contributed by atoms with Crippen molar-refractivity contribution in [3.63, 3.8) is 0 Å². The lowest BCUT2D eigenvalue weighted by molar-refractivity contribution is -0.162. The maximum atomic E-state index is 14.6. The Hall–Kier alpha value is -6.14. The molecule has 1 aliphatic heterocycles. The predicted octanol–water partition coefficient (Wildman–Crippen LogP) is 6.89. The van der Waals surface area contributed by atoms with Crippen molar-refractivity contribution in [1.82, 2.24) is 15.6 Å². The monoisotopic (exact) mass is 651 g/mol. The fraction of sp³-hybridized carbons (Fsp3) is 0.200. The highest BCUT2D eigenvalue weighted by atomic mass is 16.6. The summed E-state index contributed by atoms with van der Waals surface area (Å²) >= 11 is 0. The summed E-state index contributed by atoms with van der Waals surface area (Å²) in [5.74, 6) is -1.21. The average Bonchev–Trinajstić information content (AvgIpc) is 3.13. The summed E-state index contributed by atoms with van der Waals surface area (Å²) in [6.45, 7) is 3.56. The van der Waals surface area contributed by atoms with Crippen LogP contribution in [0.25, 0.3) is 22.0 Å². The smallest absolute Gasteiger partial charge is 0.407 e. The molecule has 0 aliphatic carbocycles. The van der Waals surface area contributed by atoms with E-state index < -0.39 is 41.6 Å². The maximum Gasteiger partial charge on any atom is 0.407 e. The number of carbonyl (C=O) groups is 2. The number of alkyl carbamates (subject to hydrolysis) is 1. The quantitative estimate of drug-likeness (QED) is 0.147. The van der Waals surface area contributed by atoms with E-state index >= 15 is 0 Å².